The molecule has 0 bridgehead atoms. The van der Waals surface area contributed by atoms with Crippen LogP contribution in [0.2, 0.25) is 0 Å². The highest BCUT2D eigenvalue weighted by Crippen LogP contribution is 2.11. The van der Waals surface area contributed by atoms with E-state index in [1.807, 2.05) is 43.3 Å². The Balaban J connectivity index is 1.94. The van der Waals surface area contributed by atoms with Crippen LogP contribution in [0.5, 0.6) is 0 Å². The van der Waals surface area contributed by atoms with Crippen molar-refractivity contribution in [1.82, 2.24) is 4.90 Å². The first-order chi connectivity index (χ1) is 11.6. The lowest BCUT2D eigenvalue weighted by Crippen LogP contribution is -2.33. The third kappa shape index (κ3) is 4.96. The molecule has 122 valence electrons. The zero-order chi connectivity index (χ0) is 17.4. The zero-order valence-corrected chi connectivity index (χ0v) is 13.5. The molecule has 0 saturated heterocycles. The van der Waals surface area contributed by atoms with E-state index in [4.69, 9.17) is 5.26 Å². The van der Waals surface area contributed by atoms with Crippen molar-refractivity contribution in [2.75, 3.05) is 11.9 Å². The number of nitrogens with zero attached hydrogens (tertiary/aromatic N) is 2. The lowest BCUT2D eigenvalue weighted by molar-refractivity contribution is -0.134. The highest BCUT2D eigenvalue weighted by molar-refractivity contribution is 6.03. The second kappa shape index (κ2) is 8.49. The smallest absolute Gasteiger partial charge is 0.233 e. The summed E-state index contributed by atoms with van der Waals surface area (Å²) in [4.78, 5) is 26.0. The number of hydrogen-bond donors (Lipinski definition) is 1. The van der Waals surface area contributed by atoms with Crippen molar-refractivity contribution >= 4 is 17.5 Å². The SMILES string of the molecule is CCN(Cc1ccccc1)C(=O)CC(=O)Nc1cccc(C#N)c1. The van der Waals surface area contributed by atoms with Crippen molar-refractivity contribution in [3.63, 3.8) is 0 Å². The lowest BCUT2D eigenvalue weighted by atomic mass is 10.2. The van der Waals surface area contributed by atoms with E-state index in [1.165, 1.54) is 0 Å². The van der Waals surface area contributed by atoms with Crippen LogP contribution in [-0.4, -0.2) is 23.3 Å². The van der Waals surface area contributed by atoms with Gasteiger partial charge in [-0.15, -0.1) is 0 Å². The summed E-state index contributed by atoms with van der Waals surface area (Å²) in [6.45, 7) is 2.90. The topological polar surface area (TPSA) is 73.2 Å². The first-order valence-electron chi connectivity index (χ1n) is 7.74. The van der Waals surface area contributed by atoms with Crippen LogP contribution in [0.25, 0.3) is 0 Å². The molecule has 0 aliphatic rings. The molecule has 0 unspecified atom stereocenters. The van der Waals surface area contributed by atoms with Crippen LogP contribution in [0, 0.1) is 11.3 Å². The second-order valence-electron chi connectivity index (χ2n) is 5.31. The Morgan fingerprint density at radius 3 is 2.54 bits per heavy atom. The van der Waals surface area contributed by atoms with Crippen LogP contribution in [0.1, 0.15) is 24.5 Å². The number of nitrogens with one attached hydrogen (secondary N) is 1. The molecule has 0 aromatic heterocycles. The average Bonchev–Trinajstić information content (AvgIpc) is 2.60. The lowest BCUT2D eigenvalue weighted by Gasteiger charge is -2.20. The predicted molar refractivity (Wildman–Crippen MR) is 91.9 cm³/mol. The summed E-state index contributed by atoms with van der Waals surface area (Å²) in [6, 6.07) is 18.3. The van der Waals surface area contributed by atoms with E-state index in [0.29, 0.717) is 24.3 Å². The minimum absolute atomic E-state index is 0.225. The van der Waals surface area contributed by atoms with Crippen molar-refractivity contribution in [1.29, 1.82) is 5.26 Å². The van der Waals surface area contributed by atoms with E-state index in [9.17, 15) is 9.59 Å². The summed E-state index contributed by atoms with van der Waals surface area (Å²) in [5.74, 6) is -0.614. The monoisotopic (exact) mass is 321 g/mol. The number of carbonyl (C=O) groups is 2. The highest BCUT2D eigenvalue weighted by atomic mass is 16.2. The van der Waals surface area contributed by atoms with Crippen molar-refractivity contribution in [2.24, 2.45) is 0 Å². The molecule has 0 saturated carbocycles. The van der Waals surface area contributed by atoms with Gasteiger partial charge in [0.1, 0.15) is 6.42 Å². The first-order valence-corrected chi connectivity index (χ1v) is 7.74. The molecule has 0 heterocycles. The number of amides is 2. The van der Waals surface area contributed by atoms with E-state index in [-0.39, 0.29) is 18.2 Å². The molecule has 0 spiro atoms. The Bertz CT molecular complexity index is 751. The average molecular weight is 321 g/mol. The summed E-state index contributed by atoms with van der Waals surface area (Å²) in [5.41, 5.74) is 1.99. The Hall–Kier alpha value is -3.13. The van der Waals surface area contributed by atoms with Gasteiger partial charge in [0.05, 0.1) is 11.6 Å². The molecular formula is C19H19N3O2. The van der Waals surface area contributed by atoms with Crippen LogP contribution in [0.3, 0.4) is 0 Å². The quantitative estimate of drug-likeness (QED) is 0.831. The van der Waals surface area contributed by atoms with Crippen LogP contribution >= 0.6 is 0 Å². The molecule has 5 nitrogen and oxygen atoms in total. The van der Waals surface area contributed by atoms with Gasteiger partial charge in [-0.1, -0.05) is 36.4 Å². The molecule has 0 aliphatic heterocycles. The number of anilines is 1. The van der Waals surface area contributed by atoms with E-state index in [1.54, 1.807) is 29.2 Å². The molecule has 0 radical (unpaired) electrons. The molecule has 2 rings (SSSR count). The fourth-order valence-corrected chi connectivity index (χ4v) is 2.30. The number of nitriles is 1. The molecule has 0 fully saturated rings. The van der Waals surface area contributed by atoms with Gasteiger partial charge in [0.2, 0.25) is 11.8 Å². The van der Waals surface area contributed by atoms with Crippen LogP contribution < -0.4 is 5.32 Å². The maximum absolute atomic E-state index is 12.3. The highest BCUT2D eigenvalue weighted by Gasteiger charge is 2.16. The van der Waals surface area contributed by atoms with E-state index in [0.717, 1.165) is 5.56 Å². The van der Waals surface area contributed by atoms with Crippen LogP contribution in [-0.2, 0) is 16.1 Å². The number of benzene rings is 2. The Morgan fingerprint density at radius 2 is 1.88 bits per heavy atom. The summed E-state index contributed by atoms with van der Waals surface area (Å²) < 4.78 is 0. The second-order valence-corrected chi connectivity index (χ2v) is 5.31. The van der Waals surface area contributed by atoms with Gasteiger partial charge in [0.15, 0.2) is 0 Å². The maximum Gasteiger partial charge on any atom is 0.233 e. The molecule has 2 amide bonds. The predicted octanol–water partition coefficient (Wildman–Crippen LogP) is 2.94. The van der Waals surface area contributed by atoms with Crippen molar-refractivity contribution in [3.8, 4) is 6.07 Å². The molecule has 24 heavy (non-hydrogen) atoms. The van der Waals surface area contributed by atoms with Gasteiger partial charge >= 0.3 is 0 Å². The third-order valence-corrected chi connectivity index (χ3v) is 3.54. The van der Waals surface area contributed by atoms with Crippen molar-refractivity contribution < 1.29 is 9.59 Å². The Morgan fingerprint density at radius 1 is 1.12 bits per heavy atom. The third-order valence-electron chi connectivity index (χ3n) is 3.54. The van der Waals surface area contributed by atoms with Crippen molar-refractivity contribution in [2.45, 2.75) is 19.9 Å². The van der Waals surface area contributed by atoms with Gasteiger partial charge in [0, 0.05) is 18.8 Å². The van der Waals surface area contributed by atoms with Crippen molar-refractivity contribution in [3.05, 3.63) is 65.7 Å². The summed E-state index contributed by atoms with van der Waals surface area (Å²) in [5, 5.41) is 11.5. The van der Waals surface area contributed by atoms with E-state index in [2.05, 4.69) is 5.32 Å². The molecule has 2 aromatic rings. The number of rotatable bonds is 6. The van der Waals surface area contributed by atoms with Gasteiger partial charge in [-0.05, 0) is 30.7 Å². The first kappa shape index (κ1) is 17.2. The summed E-state index contributed by atoms with van der Waals surface area (Å²) in [7, 11) is 0. The van der Waals surface area contributed by atoms with E-state index < -0.39 is 0 Å². The van der Waals surface area contributed by atoms with Gasteiger partial charge in [-0.25, -0.2) is 0 Å². The van der Waals surface area contributed by atoms with E-state index >= 15 is 0 Å². The number of carbonyl (C=O) groups excluding carboxylic acids is 2. The minimum atomic E-state index is -0.387. The largest absolute Gasteiger partial charge is 0.338 e. The van der Waals surface area contributed by atoms with Gasteiger partial charge in [-0.2, -0.15) is 5.26 Å². The molecule has 2 aromatic carbocycles. The fourth-order valence-electron chi connectivity index (χ4n) is 2.30. The van der Waals surface area contributed by atoms with Gasteiger partial charge < -0.3 is 10.2 Å². The van der Waals surface area contributed by atoms with Gasteiger partial charge in [-0.3, -0.25) is 9.59 Å². The molecule has 5 heteroatoms. The van der Waals surface area contributed by atoms with Crippen LogP contribution in [0.15, 0.2) is 54.6 Å². The molecular weight excluding hydrogens is 302 g/mol. The summed E-state index contributed by atoms with van der Waals surface area (Å²) >= 11 is 0. The molecule has 0 aliphatic carbocycles. The molecule has 0 atom stereocenters. The Kier molecular flexibility index (Phi) is 6.09. The van der Waals surface area contributed by atoms with Gasteiger partial charge in [0.25, 0.3) is 0 Å². The maximum atomic E-state index is 12.3. The minimum Gasteiger partial charge on any atom is -0.338 e. The van der Waals surface area contributed by atoms with Crippen LogP contribution in [0.4, 0.5) is 5.69 Å². The summed E-state index contributed by atoms with van der Waals surface area (Å²) in [6.07, 6.45) is -0.225. The molecule has 1 N–H and O–H groups in total. The standard InChI is InChI=1S/C19H19N3O2/c1-2-22(14-15-7-4-3-5-8-15)19(24)12-18(23)21-17-10-6-9-16(11-17)13-20/h3-11H,2,12,14H2,1H3,(H,21,23). The number of hydrogen-bond acceptors (Lipinski definition) is 3. The fraction of sp³-hybridized carbons (Fsp3) is 0.211. The normalized spacial score (nSPS) is 9.83. The zero-order valence-electron chi connectivity index (χ0n) is 13.5. The Labute approximate surface area is 141 Å².